The molecule has 0 spiro atoms. The van der Waals surface area contributed by atoms with E-state index in [4.69, 9.17) is 0 Å². The third-order valence-corrected chi connectivity index (χ3v) is 3.46. The molecule has 0 aliphatic rings. The van der Waals surface area contributed by atoms with E-state index in [1.54, 1.807) is 0 Å². The minimum Gasteiger partial charge on any atom is -0.480 e. The Morgan fingerprint density at radius 1 is 1.31 bits per heavy atom. The lowest BCUT2D eigenvalue weighted by molar-refractivity contribution is -0.143. The molecule has 1 unspecified atom stereocenters. The molecule has 0 heterocycles. The van der Waals surface area contributed by atoms with Gasteiger partial charge in [0.1, 0.15) is 29.8 Å². The van der Waals surface area contributed by atoms with Crippen LogP contribution in [0.5, 0.6) is 0 Å². The van der Waals surface area contributed by atoms with E-state index in [2.05, 4.69) is 11.3 Å². The van der Waals surface area contributed by atoms with E-state index in [-0.39, 0.29) is 25.0 Å². The highest BCUT2D eigenvalue weighted by molar-refractivity contribution is 5.79. The number of alkyl halides is 3. The number of nitrogens with zero attached hydrogens (tertiary/aromatic N) is 1. The van der Waals surface area contributed by atoms with Crippen LogP contribution in [0, 0.1) is 11.6 Å². The lowest BCUT2D eigenvalue weighted by Gasteiger charge is -2.24. The smallest absolute Gasteiger partial charge is 0.422 e. The molecule has 0 aromatic heterocycles. The van der Waals surface area contributed by atoms with Crippen LogP contribution < -0.4 is 0 Å². The number of hydrogen-bond donors (Lipinski definition) is 1. The van der Waals surface area contributed by atoms with Crippen molar-refractivity contribution < 1.29 is 41.4 Å². The molecule has 10 heteroatoms. The number of rotatable bonds is 7. The van der Waals surface area contributed by atoms with Crippen molar-refractivity contribution in [2.24, 2.45) is 0 Å². The topological polar surface area (TPSA) is 66.8 Å². The van der Waals surface area contributed by atoms with Gasteiger partial charge in [0.05, 0.1) is 0 Å². The van der Waals surface area contributed by atoms with Gasteiger partial charge >= 0.3 is 18.2 Å². The first kappa shape index (κ1) is 21.4. The Morgan fingerprint density at radius 3 is 2.27 bits per heavy atom. The maximum Gasteiger partial charge on any atom is 0.422 e. The van der Waals surface area contributed by atoms with Gasteiger partial charge in [0.25, 0.3) is 0 Å². The molecule has 0 radical (unpaired) electrons. The number of ether oxygens (including phenoxy) is 1. The van der Waals surface area contributed by atoms with Crippen LogP contribution in [-0.2, 0) is 22.1 Å². The molecule has 0 saturated carbocycles. The normalized spacial score (nSPS) is 12.4. The van der Waals surface area contributed by atoms with E-state index in [1.165, 1.54) is 6.08 Å². The number of amides is 1. The predicted octanol–water partition coefficient (Wildman–Crippen LogP) is 3.62. The average molecular weight is 381 g/mol. The number of carbonyl (C=O) groups is 2. The van der Waals surface area contributed by atoms with Crippen molar-refractivity contribution in [2.75, 3.05) is 13.7 Å². The van der Waals surface area contributed by atoms with Gasteiger partial charge < -0.3 is 9.84 Å². The third kappa shape index (κ3) is 5.43. The number of likely N-dealkylation sites (N-methyl/N-ethyl adjacent to an activating group) is 1. The zero-order valence-electron chi connectivity index (χ0n) is 13.6. The maximum atomic E-state index is 13.5. The fourth-order valence-electron chi connectivity index (χ4n) is 2.19. The largest absolute Gasteiger partial charge is 0.480 e. The Hall–Kier alpha value is -2.65. The van der Waals surface area contributed by atoms with E-state index in [1.807, 2.05) is 0 Å². The Morgan fingerprint density at radius 2 is 1.85 bits per heavy atom. The molecule has 0 fully saturated rings. The van der Waals surface area contributed by atoms with E-state index in [0.717, 1.165) is 11.9 Å². The van der Waals surface area contributed by atoms with Crippen molar-refractivity contribution in [3.8, 4) is 0 Å². The fourth-order valence-corrected chi connectivity index (χ4v) is 2.19. The summed E-state index contributed by atoms with van der Waals surface area (Å²) in [5.41, 5.74) is -2.19. The SMILES string of the molecule is C=CCOC(=O)N(C)C(CCc1cc(F)c(C(F)(F)F)c(F)c1)C(=O)O. The van der Waals surface area contributed by atoms with Gasteiger partial charge in [0.2, 0.25) is 0 Å². The van der Waals surface area contributed by atoms with Crippen molar-refractivity contribution in [3.63, 3.8) is 0 Å². The summed E-state index contributed by atoms with van der Waals surface area (Å²) in [6, 6.07) is -0.428. The quantitative estimate of drug-likeness (QED) is 0.579. The molecule has 1 aromatic rings. The molecule has 0 bridgehead atoms. The van der Waals surface area contributed by atoms with Gasteiger partial charge in [-0.3, -0.25) is 4.90 Å². The highest BCUT2D eigenvalue weighted by Gasteiger charge is 2.38. The summed E-state index contributed by atoms with van der Waals surface area (Å²) >= 11 is 0. The second-order valence-corrected chi connectivity index (χ2v) is 5.30. The molecule has 1 atom stereocenters. The second-order valence-electron chi connectivity index (χ2n) is 5.30. The van der Waals surface area contributed by atoms with Crippen LogP contribution in [0.4, 0.5) is 26.7 Å². The first-order valence-corrected chi connectivity index (χ1v) is 7.27. The van der Waals surface area contributed by atoms with Crippen molar-refractivity contribution in [1.29, 1.82) is 0 Å². The lowest BCUT2D eigenvalue weighted by Crippen LogP contribution is -2.43. The van der Waals surface area contributed by atoms with Gasteiger partial charge in [-0.1, -0.05) is 12.7 Å². The number of aliphatic carboxylic acids is 1. The van der Waals surface area contributed by atoms with Crippen LogP contribution >= 0.6 is 0 Å². The summed E-state index contributed by atoms with van der Waals surface area (Å²) in [5, 5.41) is 9.19. The van der Waals surface area contributed by atoms with E-state index in [0.29, 0.717) is 12.1 Å². The van der Waals surface area contributed by atoms with Crippen molar-refractivity contribution >= 4 is 12.1 Å². The van der Waals surface area contributed by atoms with E-state index < -0.39 is 41.5 Å². The Bertz CT molecular complexity index is 667. The molecule has 5 nitrogen and oxygen atoms in total. The standard InChI is InChI=1S/C16H16F5NO4/c1-3-6-26-15(25)22(2)12(14(23)24)5-4-9-7-10(17)13(11(18)8-9)16(19,20)21/h3,7-8,12H,1,4-6H2,2H3,(H,23,24). The Balaban J connectivity index is 2.92. The summed E-state index contributed by atoms with van der Waals surface area (Å²) in [6.07, 6.45) is -5.44. The monoisotopic (exact) mass is 381 g/mol. The van der Waals surface area contributed by atoms with Crippen molar-refractivity contribution in [2.45, 2.75) is 25.1 Å². The van der Waals surface area contributed by atoms with E-state index in [9.17, 15) is 36.6 Å². The fraction of sp³-hybridized carbons (Fsp3) is 0.375. The van der Waals surface area contributed by atoms with E-state index >= 15 is 0 Å². The van der Waals surface area contributed by atoms with Crippen molar-refractivity contribution in [1.82, 2.24) is 4.90 Å². The molecular formula is C16H16F5NO4. The lowest BCUT2D eigenvalue weighted by atomic mass is 10.0. The van der Waals surface area contributed by atoms with Crippen LogP contribution in [0.3, 0.4) is 0 Å². The molecular weight excluding hydrogens is 365 g/mol. The summed E-state index contributed by atoms with van der Waals surface area (Å²) in [4.78, 5) is 23.7. The van der Waals surface area contributed by atoms with Gasteiger partial charge in [0, 0.05) is 7.05 Å². The highest BCUT2D eigenvalue weighted by atomic mass is 19.4. The molecule has 1 amide bonds. The molecule has 26 heavy (non-hydrogen) atoms. The Kier molecular flexibility index (Phi) is 7.10. The van der Waals surface area contributed by atoms with Gasteiger partial charge in [-0.05, 0) is 30.5 Å². The third-order valence-electron chi connectivity index (χ3n) is 3.46. The number of carbonyl (C=O) groups excluding carboxylic acids is 1. The first-order valence-electron chi connectivity index (χ1n) is 7.27. The van der Waals surface area contributed by atoms with Crippen LogP contribution in [0.2, 0.25) is 0 Å². The molecule has 1 rings (SSSR count). The minimum atomic E-state index is -5.19. The summed E-state index contributed by atoms with van der Waals surface area (Å²) in [5.74, 6) is -4.99. The Labute approximate surface area is 145 Å². The summed E-state index contributed by atoms with van der Waals surface area (Å²) in [6.45, 7) is 3.18. The number of benzene rings is 1. The van der Waals surface area contributed by atoms with Crippen LogP contribution in [0.15, 0.2) is 24.8 Å². The van der Waals surface area contributed by atoms with Gasteiger partial charge in [0.15, 0.2) is 0 Å². The minimum absolute atomic E-state index is 0.148. The zero-order chi connectivity index (χ0) is 20.1. The number of carboxylic acids is 1. The molecule has 0 saturated heterocycles. The summed E-state index contributed by atoms with van der Waals surface area (Å²) < 4.78 is 69.4. The van der Waals surface area contributed by atoms with Crippen molar-refractivity contribution in [3.05, 3.63) is 47.5 Å². The van der Waals surface area contributed by atoms with Crippen LogP contribution in [0.1, 0.15) is 17.5 Å². The second kappa shape index (κ2) is 8.63. The number of carboxylic acid groups (broad SMARTS) is 1. The van der Waals surface area contributed by atoms with Gasteiger partial charge in [-0.15, -0.1) is 0 Å². The summed E-state index contributed by atoms with van der Waals surface area (Å²) in [7, 11) is 1.15. The average Bonchev–Trinajstić information content (AvgIpc) is 2.50. The molecule has 144 valence electrons. The maximum absolute atomic E-state index is 13.5. The van der Waals surface area contributed by atoms with Gasteiger partial charge in [-0.25, -0.2) is 18.4 Å². The molecule has 1 aromatic carbocycles. The molecule has 0 aliphatic heterocycles. The molecule has 0 aliphatic carbocycles. The first-order chi connectivity index (χ1) is 12.0. The number of aryl methyl sites for hydroxylation is 1. The highest BCUT2D eigenvalue weighted by Crippen LogP contribution is 2.34. The molecule has 1 N–H and O–H groups in total. The number of halogens is 5. The zero-order valence-corrected chi connectivity index (χ0v) is 13.6. The predicted molar refractivity (Wildman–Crippen MR) is 80.4 cm³/mol. The van der Waals surface area contributed by atoms with Crippen LogP contribution in [0.25, 0.3) is 0 Å². The van der Waals surface area contributed by atoms with Gasteiger partial charge in [-0.2, -0.15) is 13.2 Å². The van der Waals surface area contributed by atoms with Crippen LogP contribution in [-0.4, -0.2) is 41.8 Å². The number of hydrogen-bond acceptors (Lipinski definition) is 3.